The van der Waals surface area contributed by atoms with Crippen molar-refractivity contribution in [3.8, 4) is 0 Å². The molecule has 0 saturated heterocycles. The summed E-state index contributed by atoms with van der Waals surface area (Å²) in [4.78, 5) is 11.3. The number of aromatic nitrogens is 2. The lowest BCUT2D eigenvalue weighted by molar-refractivity contribution is 0.640. The van der Waals surface area contributed by atoms with E-state index < -0.39 is 0 Å². The van der Waals surface area contributed by atoms with Gasteiger partial charge in [0.1, 0.15) is 0 Å². The van der Waals surface area contributed by atoms with Gasteiger partial charge < -0.3 is 0 Å². The summed E-state index contributed by atoms with van der Waals surface area (Å²) in [5.74, 6) is 0. The molecular formula is C9H7BrN2OS. The number of hydrogen-bond donors (Lipinski definition) is 0. The zero-order valence-corrected chi connectivity index (χ0v) is 9.59. The van der Waals surface area contributed by atoms with Gasteiger partial charge in [-0.1, -0.05) is 0 Å². The molecule has 2 aromatic rings. The normalized spacial score (nSPS) is 10.4. The first-order valence-corrected chi connectivity index (χ1v) is 5.68. The number of halogens is 1. The van der Waals surface area contributed by atoms with Gasteiger partial charge in [-0.2, -0.15) is 5.10 Å². The Balaban J connectivity index is 2.27. The quantitative estimate of drug-likeness (QED) is 0.838. The molecule has 0 saturated carbocycles. The molecular weight excluding hydrogens is 264 g/mol. The third-order valence-corrected chi connectivity index (χ3v) is 3.29. The first-order chi connectivity index (χ1) is 6.75. The topological polar surface area (TPSA) is 34.9 Å². The lowest BCUT2D eigenvalue weighted by atomic mass is 10.3. The molecule has 72 valence electrons. The van der Waals surface area contributed by atoms with Crippen molar-refractivity contribution in [3.63, 3.8) is 0 Å². The van der Waals surface area contributed by atoms with Gasteiger partial charge in [0.25, 0.3) is 5.56 Å². The fourth-order valence-electron chi connectivity index (χ4n) is 1.11. The summed E-state index contributed by atoms with van der Waals surface area (Å²) in [5, 5.41) is 5.98. The van der Waals surface area contributed by atoms with E-state index in [-0.39, 0.29) is 5.56 Å². The SMILES string of the molecule is O=c1cccnn1Cc1csc(Br)c1. The summed E-state index contributed by atoms with van der Waals surface area (Å²) in [6.07, 6.45) is 1.61. The van der Waals surface area contributed by atoms with Crippen LogP contribution in [-0.2, 0) is 6.54 Å². The molecule has 0 N–H and O–H groups in total. The van der Waals surface area contributed by atoms with Crippen LogP contribution in [0.2, 0.25) is 0 Å². The molecule has 2 heterocycles. The van der Waals surface area contributed by atoms with Gasteiger partial charge in [-0.25, -0.2) is 4.68 Å². The molecule has 0 aliphatic heterocycles. The van der Waals surface area contributed by atoms with Crippen LogP contribution in [0.3, 0.4) is 0 Å². The molecule has 3 nitrogen and oxygen atoms in total. The van der Waals surface area contributed by atoms with Crippen LogP contribution in [0.25, 0.3) is 0 Å². The van der Waals surface area contributed by atoms with Gasteiger partial charge in [-0.05, 0) is 39.0 Å². The zero-order valence-electron chi connectivity index (χ0n) is 7.18. The lowest BCUT2D eigenvalue weighted by Crippen LogP contribution is -2.21. The Morgan fingerprint density at radius 1 is 1.57 bits per heavy atom. The van der Waals surface area contributed by atoms with E-state index in [1.165, 1.54) is 10.7 Å². The predicted molar refractivity (Wildman–Crippen MR) is 59.6 cm³/mol. The van der Waals surface area contributed by atoms with Crippen molar-refractivity contribution in [2.45, 2.75) is 6.54 Å². The van der Waals surface area contributed by atoms with Gasteiger partial charge >= 0.3 is 0 Å². The number of hydrogen-bond acceptors (Lipinski definition) is 3. The molecule has 0 radical (unpaired) electrons. The average molecular weight is 271 g/mol. The van der Waals surface area contributed by atoms with Crippen LogP contribution in [0.1, 0.15) is 5.56 Å². The van der Waals surface area contributed by atoms with E-state index in [0.29, 0.717) is 6.54 Å². The van der Waals surface area contributed by atoms with Crippen LogP contribution in [-0.4, -0.2) is 9.78 Å². The minimum atomic E-state index is -0.0742. The van der Waals surface area contributed by atoms with Crippen LogP contribution >= 0.6 is 27.3 Å². The van der Waals surface area contributed by atoms with Gasteiger partial charge in [0.2, 0.25) is 0 Å². The Bertz CT molecular complexity index is 491. The molecule has 2 aromatic heterocycles. The largest absolute Gasteiger partial charge is 0.268 e. The highest BCUT2D eigenvalue weighted by Gasteiger charge is 2.00. The average Bonchev–Trinajstić information content (AvgIpc) is 2.56. The zero-order chi connectivity index (χ0) is 9.97. The van der Waals surface area contributed by atoms with E-state index in [1.54, 1.807) is 23.6 Å². The maximum Gasteiger partial charge on any atom is 0.267 e. The van der Waals surface area contributed by atoms with E-state index in [4.69, 9.17) is 0 Å². The highest BCUT2D eigenvalue weighted by molar-refractivity contribution is 9.11. The van der Waals surface area contributed by atoms with Gasteiger partial charge in [0.05, 0.1) is 10.3 Å². The Hall–Kier alpha value is -0.940. The maximum atomic E-state index is 11.3. The highest BCUT2D eigenvalue weighted by Crippen LogP contribution is 2.20. The van der Waals surface area contributed by atoms with Crippen LogP contribution in [0, 0.1) is 0 Å². The molecule has 0 amide bonds. The second kappa shape index (κ2) is 4.06. The number of rotatable bonds is 2. The molecule has 0 atom stereocenters. The van der Waals surface area contributed by atoms with Crippen molar-refractivity contribution in [1.29, 1.82) is 0 Å². The van der Waals surface area contributed by atoms with Crippen LogP contribution in [0.4, 0.5) is 0 Å². The third kappa shape index (κ3) is 2.10. The summed E-state index contributed by atoms with van der Waals surface area (Å²) < 4.78 is 2.51. The number of nitrogens with zero attached hydrogens (tertiary/aromatic N) is 2. The van der Waals surface area contributed by atoms with E-state index >= 15 is 0 Å². The monoisotopic (exact) mass is 270 g/mol. The molecule has 0 unspecified atom stereocenters. The predicted octanol–water partition coefficient (Wildman–Crippen LogP) is 2.12. The van der Waals surface area contributed by atoms with Gasteiger partial charge in [-0.15, -0.1) is 11.3 Å². The van der Waals surface area contributed by atoms with E-state index in [9.17, 15) is 4.79 Å². The van der Waals surface area contributed by atoms with Crippen LogP contribution in [0.15, 0.2) is 38.4 Å². The number of thiophene rings is 1. The first-order valence-electron chi connectivity index (χ1n) is 4.01. The van der Waals surface area contributed by atoms with Crippen molar-refractivity contribution >= 4 is 27.3 Å². The molecule has 0 spiro atoms. The Morgan fingerprint density at radius 2 is 2.43 bits per heavy atom. The summed E-state index contributed by atoms with van der Waals surface area (Å²) in [7, 11) is 0. The molecule has 0 aliphatic carbocycles. The fourth-order valence-corrected chi connectivity index (χ4v) is 2.31. The van der Waals surface area contributed by atoms with Gasteiger partial charge in [0.15, 0.2) is 0 Å². The first kappa shape index (κ1) is 9.61. The third-order valence-electron chi connectivity index (χ3n) is 1.74. The van der Waals surface area contributed by atoms with Crippen molar-refractivity contribution < 1.29 is 0 Å². The minimum Gasteiger partial charge on any atom is -0.268 e. The molecule has 14 heavy (non-hydrogen) atoms. The fraction of sp³-hybridized carbons (Fsp3) is 0.111. The van der Waals surface area contributed by atoms with E-state index in [0.717, 1.165) is 9.35 Å². The summed E-state index contributed by atoms with van der Waals surface area (Å²) in [5.41, 5.74) is 1.01. The lowest BCUT2D eigenvalue weighted by Gasteiger charge is -1.99. The maximum absolute atomic E-state index is 11.3. The van der Waals surface area contributed by atoms with Crippen LogP contribution in [0.5, 0.6) is 0 Å². The smallest absolute Gasteiger partial charge is 0.267 e. The summed E-state index contributed by atoms with van der Waals surface area (Å²) >= 11 is 4.98. The summed E-state index contributed by atoms with van der Waals surface area (Å²) in [6.45, 7) is 0.530. The second-order valence-corrected chi connectivity index (χ2v) is 5.07. The minimum absolute atomic E-state index is 0.0742. The second-order valence-electron chi connectivity index (χ2n) is 2.78. The summed E-state index contributed by atoms with van der Waals surface area (Å²) in [6, 6.07) is 5.14. The van der Waals surface area contributed by atoms with E-state index in [1.807, 2.05) is 11.4 Å². The van der Waals surface area contributed by atoms with Crippen molar-refractivity contribution in [2.24, 2.45) is 0 Å². The highest BCUT2D eigenvalue weighted by atomic mass is 79.9. The van der Waals surface area contributed by atoms with Gasteiger partial charge in [-0.3, -0.25) is 4.79 Å². The standard InChI is InChI=1S/C9H7BrN2OS/c10-8-4-7(6-14-8)5-12-9(13)2-1-3-11-12/h1-4,6H,5H2. The van der Waals surface area contributed by atoms with E-state index in [2.05, 4.69) is 21.0 Å². The molecule has 5 heteroatoms. The van der Waals surface area contributed by atoms with Crippen molar-refractivity contribution in [1.82, 2.24) is 9.78 Å². The molecule has 0 bridgehead atoms. The Labute approximate surface area is 93.1 Å². The molecule has 0 fully saturated rings. The molecule has 2 rings (SSSR count). The molecule has 0 aromatic carbocycles. The van der Waals surface area contributed by atoms with Crippen LogP contribution < -0.4 is 5.56 Å². The van der Waals surface area contributed by atoms with Crippen molar-refractivity contribution in [2.75, 3.05) is 0 Å². The van der Waals surface area contributed by atoms with Crippen molar-refractivity contribution in [3.05, 3.63) is 49.5 Å². The molecule has 0 aliphatic rings. The Kier molecular flexibility index (Phi) is 2.79. The Morgan fingerprint density at radius 3 is 3.07 bits per heavy atom. The van der Waals surface area contributed by atoms with Gasteiger partial charge in [0, 0.05) is 12.3 Å².